The molecule has 0 amide bonds. The summed E-state index contributed by atoms with van der Waals surface area (Å²) in [5.41, 5.74) is 3.60. The number of hydrogen-bond acceptors (Lipinski definition) is 4. The number of aryl methyl sites for hydroxylation is 1. The van der Waals surface area contributed by atoms with Gasteiger partial charge in [0.05, 0.1) is 7.11 Å². The molecule has 146 valence electrons. The van der Waals surface area contributed by atoms with Crippen LogP contribution in [0.25, 0.3) is 11.4 Å². The molecule has 5 heteroatoms. The maximum atomic E-state index is 5.62. The minimum absolute atomic E-state index is 0.332. The van der Waals surface area contributed by atoms with Gasteiger partial charge in [-0.15, -0.1) is 0 Å². The van der Waals surface area contributed by atoms with Crippen LogP contribution in [-0.2, 0) is 13.6 Å². The van der Waals surface area contributed by atoms with E-state index < -0.39 is 0 Å². The predicted molar refractivity (Wildman–Crippen MR) is 112 cm³/mol. The van der Waals surface area contributed by atoms with E-state index in [2.05, 4.69) is 58.1 Å². The van der Waals surface area contributed by atoms with Crippen LogP contribution in [0.5, 0.6) is 5.75 Å². The van der Waals surface area contributed by atoms with Crippen molar-refractivity contribution in [3.63, 3.8) is 0 Å². The SMILES string of the molecule is COc1ccc(-c2nccn2C)cc1CN[C@H]1CCCN[C@H]1c1ccccc1. The van der Waals surface area contributed by atoms with Gasteiger partial charge in [0.15, 0.2) is 0 Å². The quantitative estimate of drug-likeness (QED) is 0.689. The number of piperidine rings is 1. The minimum Gasteiger partial charge on any atom is -0.496 e. The van der Waals surface area contributed by atoms with Crippen LogP contribution in [0, 0.1) is 0 Å². The number of rotatable bonds is 6. The molecule has 0 saturated carbocycles. The summed E-state index contributed by atoms with van der Waals surface area (Å²) in [7, 11) is 3.75. The highest BCUT2D eigenvalue weighted by atomic mass is 16.5. The number of nitrogens with zero attached hydrogens (tertiary/aromatic N) is 2. The van der Waals surface area contributed by atoms with Crippen LogP contribution in [0.1, 0.15) is 30.0 Å². The van der Waals surface area contributed by atoms with Crippen LogP contribution in [0.2, 0.25) is 0 Å². The molecular weight excluding hydrogens is 348 g/mol. The maximum Gasteiger partial charge on any atom is 0.139 e. The molecule has 0 radical (unpaired) electrons. The molecule has 1 fully saturated rings. The van der Waals surface area contributed by atoms with Gasteiger partial charge in [0.2, 0.25) is 0 Å². The topological polar surface area (TPSA) is 51.1 Å². The second kappa shape index (κ2) is 8.59. The van der Waals surface area contributed by atoms with E-state index in [4.69, 9.17) is 4.74 Å². The van der Waals surface area contributed by atoms with Crippen molar-refractivity contribution in [2.24, 2.45) is 7.05 Å². The van der Waals surface area contributed by atoms with Gasteiger partial charge in [-0.3, -0.25) is 0 Å². The standard InChI is InChI=1S/C23H28N4O/c1-27-14-13-25-23(27)18-10-11-21(28-2)19(15-18)16-26-20-9-6-12-24-22(20)17-7-4-3-5-8-17/h3-5,7-8,10-11,13-15,20,22,24,26H,6,9,12,16H2,1-2H3/t20-,22-/m0/s1. The molecule has 2 heterocycles. The van der Waals surface area contributed by atoms with Crippen LogP contribution in [-0.4, -0.2) is 29.2 Å². The van der Waals surface area contributed by atoms with E-state index in [1.54, 1.807) is 7.11 Å². The first kappa shape index (κ1) is 18.7. The van der Waals surface area contributed by atoms with Gasteiger partial charge in [-0.2, -0.15) is 0 Å². The largest absolute Gasteiger partial charge is 0.496 e. The van der Waals surface area contributed by atoms with Gasteiger partial charge >= 0.3 is 0 Å². The first-order chi connectivity index (χ1) is 13.8. The van der Waals surface area contributed by atoms with E-state index in [9.17, 15) is 0 Å². The summed E-state index contributed by atoms with van der Waals surface area (Å²) in [4.78, 5) is 4.48. The second-order valence-corrected chi connectivity index (χ2v) is 7.36. The average molecular weight is 377 g/mol. The summed E-state index contributed by atoms with van der Waals surface area (Å²) >= 11 is 0. The zero-order chi connectivity index (χ0) is 19.3. The summed E-state index contributed by atoms with van der Waals surface area (Å²) in [6.45, 7) is 1.83. The number of methoxy groups -OCH3 is 1. The fraction of sp³-hybridized carbons (Fsp3) is 0.348. The zero-order valence-corrected chi connectivity index (χ0v) is 16.6. The summed E-state index contributed by atoms with van der Waals surface area (Å²) in [5.74, 6) is 1.87. The van der Waals surface area contributed by atoms with E-state index in [-0.39, 0.29) is 0 Å². The molecule has 0 bridgehead atoms. The number of imidazole rings is 1. The molecule has 4 rings (SSSR count). The lowest BCUT2D eigenvalue weighted by Crippen LogP contribution is -2.45. The van der Waals surface area contributed by atoms with Gasteiger partial charge in [-0.25, -0.2) is 4.98 Å². The molecule has 2 aromatic carbocycles. The Morgan fingerprint density at radius 1 is 1.21 bits per heavy atom. The van der Waals surface area contributed by atoms with Crippen LogP contribution < -0.4 is 15.4 Å². The first-order valence-corrected chi connectivity index (χ1v) is 9.92. The lowest BCUT2D eigenvalue weighted by atomic mass is 9.92. The molecule has 3 aromatic rings. The molecule has 1 saturated heterocycles. The lowest BCUT2D eigenvalue weighted by molar-refractivity contribution is 0.303. The Morgan fingerprint density at radius 2 is 2.07 bits per heavy atom. The third kappa shape index (κ3) is 3.96. The van der Waals surface area contributed by atoms with Gasteiger partial charge in [-0.05, 0) is 43.1 Å². The molecule has 2 atom stereocenters. The third-order valence-corrected chi connectivity index (χ3v) is 5.53. The van der Waals surface area contributed by atoms with Crippen LogP contribution in [0.15, 0.2) is 60.9 Å². The van der Waals surface area contributed by atoms with Crippen molar-refractivity contribution >= 4 is 0 Å². The van der Waals surface area contributed by atoms with Crippen molar-refractivity contribution in [2.75, 3.05) is 13.7 Å². The Morgan fingerprint density at radius 3 is 2.82 bits per heavy atom. The monoisotopic (exact) mass is 376 g/mol. The lowest BCUT2D eigenvalue weighted by Gasteiger charge is -2.34. The van der Waals surface area contributed by atoms with Crippen molar-refractivity contribution in [1.29, 1.82) is 0 Å². The van der Waals surface area contributed by atoms with Gasteiger partial charge in [0.25, 0.3) is 0 Å². The molecule has 28 heavy (non-hydrogen) atoms. The van der Waals surface area contributed by atoms with Crippen molar-refractivity contribution in [1.82, 2.24) is 20.2 Å². The Kier molecular flexibility index (Phi) is 5.74. The van der Waals surface area contributed by atoms with Crippen molar-refractivity contribution in [3.05, 3.63) is 72.1 Å². The fourth-order valence-electron chi connectivity index (χ4n) is 4.06. The Hall–Kier alpha value is -2.63. The number of benzene rings is 2. The van der Waals surface area contributed by atoms with Crippen molar-refractivity contribution in [2.45, 2.75) is 31.5 Å². The molecule has 1 aliphatic rings. The summed E-state index contributed by atoms with van der Waals surface area (Å²) in [5, 5.41) is 7.46. The smallest absolute Gasteiger partial charge is 0.139 e. The summed E-state index contributed by atoms with van der Waals surface area (Å²) in [6, 6.07) is 17.7. The fourth-order valence-corrected chi connectivity index (χ4v) is 4.06. The normalized spacial score (nSPS) is 19.5. The Balaban J connectivity index is 1.54. The van der Waals surface area contributed by atoms with Crippen molar-refractivity contribution < 1.29 is 4.74 Å². The number of ether oxygens (including phenoxy) is 1. The second-order valence-electron chi connectivity index (χ2n) is 7.36. The molecule has 1 aliphatic heterocycles. The summed E-state index contributed by atoms with van der Waals surface area (Å²) in [6.07, 6.45) is 6.14. The van der Waals surface area contributed by atoms with Gasteiger partial charge < -0.3 is 19.9 Å². The molecule has 2 N–H and O–H groups in total. The Labute approximate surface area is 166 Å². The number of aromatic nitrogens is 2. The van der Waals surface area contributed by atoms with Gasteiger partial charge in [-0.1, -0.05) is 30.3 Å². The molecule has 0 aliphatic carbocycles. The van der Waals surface area contributed by atoms with Gasteiger partial charge in [0.1, 0.15) is 11.6 Å². The summed E-state index contributed by atoms with van der Waals surface area (Å²) < 4.78 is 7.65. The number of hydrogen-bond donors (Lipinski definition) is 2. The van der Waals surface area contributed by atoms with E-state index >= 15 is 0 Å². The third-order valence-electron chi connectivity index (χ3n) is 5.53. The minimum atomic E-state index is 0.332. The van der Waals surface area contributed by atoms with Crippen LogP contribution in [0.3, 0.4) is 0 Å². The average Bonchev–Trinajstić information content (AvgIpc) is 3.18. The maximum absolute atomic E-state index is 5.62. The van der Waals surface area contributed by atoms with Gasteiger partial charge in [0, 0.05) is 49.2 Å². The van der Waals surface area contributed by atoms with Crippen LogP contribution >= 0.6 is 0 Å². The molecule has 5 nitrogen and oxygen atoms in total. The molecular formula is C23H28N4O. The molecule has 0 unspecified atom stereocenters. The Bertz CT molecular complexity index is 906. The van der Waals surface area contributed by atoms with E-state index in [1.807, 2.05) is 30.1 Å². The zero-order valence-electron chi connectivity index (χ0n) is 16.6. The van der Waals surface area contributed by atoms with Crippen LogP contribution in [0.4, 0.5) is 0 Å². The van der Waals surface area contributed by atoms with E-state index in [0.717, 1.165) is 42.2 Å². The van der Waals surface area contributed by atoms with E-state index in [0.29, 0.717) is 12.1 Å². The van der Waals surface area contributed by atoms with Crippen molar-refractivity contribution in [3.8, 4) is 17.1 Å². The molecule has 0 spiro atoms. The predicted octanol–water partition coefficient (Wildman–Crippen LogP) is 3.68. The molecule has 1 aromatic heterocycles. The highest BCUT2D eigenvalue weighted by Crippen LogP contribution is 2.28. The number of nitrogens with one attached hydrogen (secondary N) is 2. The highest BCUT2D eigenvalue weighted by molar-refractivity contribution is 5.59. The first-order valence-electron chi connectivity index (χ1n) is 9.92. The highest BCUT2D eigenvalue weighted by Gasteiger charge is 2.25. The van der Waals surface area contributed by atoms with E-state index in [1.165, 1.54) is 12.0 Å².